The Labute approximate surface area is 125 Å². The van der Waals surface area contributed by atoms with E-state index in [1.807, 2.05) is 12.1 Å². The van der Waals surface area contributed by atoms with E-state index in [4.69, 9.17) is 0 Å². The van der Waals surface area contributed by atoms with Crippen LogP contribution in [0.5, 0.6) is 17.2 Å². The topological polar surface area (TPSA) is 60.7 Å². The molecular weight excluding hydrogens is 264 g/mol. The zero-order chi connectivity index (χ0) is 15.4. The molecule has 112 valence electrons. The van der Waals surface area contributed by atoms with Gasteiger partial charge in [-0.25, -0.2) is 0 Å². The van der Waals surface area contributed by atoms with Crippen LogP contribution < -0.4 is 0 Å². The first-order valence-electron chi connectivity index (χ1n) is 7.27. The molecule has 2 aromatic rings. The van der Waals surface area contributed by atoms with Gasteiger partial charge in [0.1, 0.15) is 5.75 Å². The van der Waals surface area contributed by atoms with Crippen LogP contribution in [0.3, 0.4) is 0 Å². The van der Waals surface area contributed by atoms with E-state index in [2.05, 4.69) is 19.9 Å². The molecule has 0 aliphatic heterocycles. The van der Waals surface area contributed by atoms with Gasteiger partial charge in [0.05, 0.1) is 0 Å². The number of rotatable bonds is 5. The van der Waals surface area contributed by atoms with Crippen molar-refractivity contribution in [3.63, 3.8) is 0 Å². The monoisotopic (exact) mass is 286 g/mol. The fourth-order valence-corrected chi connectivity index (χ4v) is 2.41. The van der Waals surface area contributed by atoms with Crippen LogP contribution in [0.4, 0.5) is 0 Å². The Morgan fingerprint density at radius 3 is 1.90 bits per heavy atom. The van der Waals surface area contributed by atoms with E-state index in [0.29, 0.717) is 11.7 Å². The lowest BCUT2D eigenvalue weighted by atomic mass is 9.97. The minimum Gasteiger partial charge on any atom is -0.508 e. The van der Waals surface area contributed by atoms with Crippen LogP contribution in [-0.4, -0.2) is 15.3 Å². The van der Waals surface area contributed by atoms with Crippen LogP contribution in [0, 0.1) is 5.92 Å². The van der Waals surface area contributed by atoms with E-state index < -0.39 is 0 Å². The maximum Gasteiger partial charge on any atom is 0.157 e. The van der Waals surface area contributed by atoms with Gasteiger partial charge in [0.2, 0.25) is 0 Å². The van der Waals surface area contributed by atoms with E-state index in [-0.39, 0.29) is 11.5 Å². The molecule has 0 atom stereocenters. The van der Waals surface area contributed by atoms with E-state index in [1.54, 1.807) is 12.1 Å². The average molecular weight is 286 g/mol. The molecule has 0 aliphatic carbocycles. The molecule has 2 aromatic carbocycles. The third-order valence-electron chi connectivity index (χ3n) is 3.51. The van der Waals surface area contributed by atoms with Crippen molar-refractivity contribution in [2.24, 2.45) is 5.92 Å². The van der Waals surface area contributed by atoms with Crippen LogP contribution in [0.15, 0.2) is 36.4 Å². The predicted molar refractivity (Wildman–Crippen MR) is 83.8 cm³/mol. The van der Waals surface area contributed by atoms with E-state index in [1.165, 1.54) is 6.07 Å². The van der Waals surface area contributed by atoms with E-state index >= 15 is 0 Å². The molecule has 0 bridgehead atoms. The van der Waals surface area contributed by atoms with Crippen molar-refractivity contribution in [2.75, 3.05) is 0 Å². The molecule has 0 fully saturated rings. The first-order valence-corrected chi connectivity index (χ1v) is 7.27. The van der Waals surface area contributed by atoms with Gasteiger partial charge >= 0.3 is 0 Å². The Bertz CT molecular complexity index is 618. The standard InChI is InChI=1S/C18H22O3/c1-12(2)9-15-10-13(5-7-16(15)19)3-4-14-6-8-17(20)18(21)11-14/h5-8,10-12,19-21H,3-4,9H2,1-2H3. The second kappa shape index (κ2) is 6.53. The number of hydrogen-bond donors (Lipinski definition) is 3. The van der Waals surface area contributed by atoms with Gasteiger partial charge in [-0.2, -0.15) is 0 Å². The molecule has 2 rings (SSSR count). The Balaban J connectivity index is 2.07. The van der Waals surface area contributed by atoms with Crippen molar-refractivity contribution in [3.8, 4) is 17.2 Å². The minimum atomic E-state index is -0.0948. The first-order chi connectivity index (χ1) is 9.95. The number of phenols is 3. The second-order valence-electron chi connectivity index (χ2n) is 5.88. The summed E-state index contributed by atoms with van der Waals surface area (Å²) in [4.78, 5) is 0. The highest BCUT2D eigenvalue weighted by atomic mass is 16.3. The van der Waals surface area contributed by atoms with Gasteiger partial charge in [0, 0.05) is 0 Å². The molecule has 0 amide bonds. The van der Waals surface area contributed by atoms with Crippen LogP contribution >= 0.6 is 0 Å². The van der Waals surface area contributed by atoms with Gasteiger partial charge in [-0.15, -0.1) is 0 Å². The molecular formula is C18H22O3. The van der Waals surface area contributed by atoms with Crippen molar-refractivity contribution in [1.82, 2.24) is 0 Å². The quantitative estimate of drug-likeness (QED) is 0.733. The third kappa shape index (κ3) is 4.15. The Kier molecular flexibility index (Phi) is 4.73. The summed E-state index contributed by atoms with van der Waals surface area (Å²) < 4.78 is 0. The Morgan fingerprint density at radius 1 is 0.762 bits per heavy atom. The molecule has 0 aliphatic rings. The zero-order valence-electron chi connectivity index (χ0n) is 12.5. The smallest absolute Gasteiger partial charge is 0.157 e. The van der Waals surface area contributed by atoms with Crippen molar-refractivity contribution in [1.29, 1.82) is 0 Å². The van der Waals surface area contributed by atoms with Gasteiger partial charge in [-0.1, -0.05) is 32.0 Å². The van der Waals surface area contributed by atoms with Crippen LogP contribution in [0.2, 0.25) is 0 Å². The Morgan fingerprint density at radius 2 is 1.33 bits per heavy atom. The summed E-state index contributed by atoms with van der Waals surface area (Å²) in [5.41, 5.74) is 3.12. The van der Waals surface area contributed by atoms with Gasteiger partial charge in [0.15, 0.2) is 11.5 Å². The SMILES string of the molecule is CC(C)Cc1cc(CCc2ccc(O)c(O)c2)ccc1O. The minimum absolute atomic E-state index is 0.0845. The normalized spacial score (nSPS) is 11.0. The highest BCUT2D eigenvalue weighted by Crippen LogP contribution is 2.26. The summed E-state index contributed by atoms with van der Waals surface area (Å²) in [6.45, 7) is 4.26. The average Bonchev–Trinajstić information content (AvgIpc) is 2.43. The molecule has 3 N–H and O–H groups in total. The van der Waals surface area contributed by atoms with E-state index in [9.17, 15) is 15.3 Å². The van der Waals surface area contributed by atoms with Gasteiger partial charge in [0.25, 0.3) is 0 Å². The molecule has 0 unspecified atom stereocenters. The molecule has 0 saturated carbocycles. The lowest BCUT2D eigenvalue weighted by Crippen LogP contribution is -1.97. The van der Waals surface area contributed by atoms with Crippen LogP contribution in [-0.2, 0) is 19.3 Å². The fourth-order valence-electron chi connectivity index (χ4n) is 2.41. The maximum absolute atomic E-state index is 9.88. The number of aromatic hydroxyl groups is 3. The lowest BCUT2D eigenvalue weighted by molar-refractivity contribution is 0.403. The number of phenolic OH excluding ortho intramolecular Hbond substituents is 3. The molecule has 3 heteroatoms. The highest BCUT2D eigenvalue weighted by molar-refractivity contribution is 5.41. The summed E-state index contributed by atoms with van der Waals surface area (Å²) in [5, 5.41) is 28.7. The molecule has 0 radical (unpaired) electrons. The van der Waals surface area contributed by atoms with Crippen LogP contribution in [0.1, 0.15) is 30.5 Å². The van der Waals surface area contributed by atoms with Crippen molar-refractivity contribution in [3.05, 3.63) is 53.1 Å². The largest absolute Gasteiger partial charge is 0.508 e. The van der Waals surface area contributed by atoms with Gasteiger partial charge < -0.3 is 15.3 Å². The Hall–Kier alpha value is -2.16. The van der Waals surface area contributed by atoms with Crippen molar-refractivity contribution >= 4 is 0 Å². The number of aryl methyl sites for hydroxylation is 2. The summed E-state index contributed by atoms with van der Waals surface area (Å²) in [6.07, 6.45) is 2.47. The lowest BCUT2D eigenvalue weighted by Gasteiger charge is -2.10. The van der Waals surface area contributed by atoms with Crippen LogP contribution in [0.25, 0.3) is 0 Å². The van der Waals surface area contributed by atoms with Crippen molar-refractivity contribution < 1.29 is 15.3 Å². The summed E-state index contributed by atoms with van der Waals surface area (Å²) in [6, 6.07) is 10.6. The zero-order valence-corrected chi connectivity index (χ0v) is 12.5. The molecule has 0 aromatic heterocycles. The number of benzene rings is 2. The first kappa shape index (κ1) is 15.2. The molecule has 0 saturated heterocycles. The molecule has 0 spiro atoms. The summed E-state index contributed by atoms with van der Waals surface area (Å²) in [7, 11) is 0. The molecule has 0 heterocycles. The fraction of sp³-hybridized carbons (Fsp3) is 0.333. The van der Waals surface area contributed by atoms with E-state index in [0.717, 1.165) is 36.0 Å². The predicted octanol–water partition coefficient (Wildman–Crippen LogP) is 3.79. The molecule has 3 nitrogen and oxygen atoms in total. The second-order valence-corrected chi connectivity index (χ2v) is 5.88. The highest BCUT2D eigenvalue weighted by Gasteiger charge is 2.06. The van der Waals surface area contributed by atoms with Gasteiger partial charge in [-0.3, -0.25) is 0 Å². The molecule has 21 heavy (non-hydrogen) atoms. The summed E-state index contributed by atoms with van der Waals surface area (Å²) >= 11 is 0. The summed E-state index contributed by atoms with van der Waals surface area (Å²) in [5.74, 6) is 0.677. The number of hydrogen-bond acceptors (Lipinski definition) is 3. The van der Waals surface area contributed by atoms with Crippen molar-refractivity contribution in [2.45, 2.75) is 33.1 Å². The third-order valence-corrected chi connectivity index (χ3v) is 3.51. The maximum atomic E-state index is 9.88. The van der Waals surface area contributed by atoms with Gasteiger partial charge in [-0.05, 0) is 60.1 Å².